The van der Waals surface area contributed by atoms with Crippen LogP contribution in [0.2, 0.25) is 0 Å². The molecule has 3 aromatic rings. The Hall–Kier alpha value is -2.37. The second-order valence-corrected chi connectivity index (χ2v) is 5.93. The summed E-state index contributed by atoms with van der Waals surface area (Å²) in [6.07, 6.45) is 0. The molecule has 1 aromatic heterocycles. The lowest BCUT2D eigenvalue weighted by Crippen LogP contribution is -2.38. The van der Waals surface area contributed by atoms with Crippen LogP contribution in [0.4, 0.5) is 0 Å². The molecule has 1 aliphatic rings. The van der Waals surface area contributed by atoms with E-state index in [1.165, 1.54) is 0 Å². The number of morpholine rings is 1. The van der Waals surface area contributed by atoms with Crippen molar-refractivity contribution >= 4 is 11.0 Å². The summed E-state index contributed by atoms with van der Waals surface area (Å²) in [7, 11) is 0. The first-order valence-electron chi connectivity index (χ1n) is 8.36. The van der Waals surface area contributed by atoms with Gasteiger partial charge in [0.25, 0.3) is 0 Å². The molecule has 1 aliphatic heterocycles. The molecular formula is C19H21N3O2. The van der Waals surface area contributed by atoms with Crippen molar-refractivity contribution < 1.29 is 9.47 Å². The smallest absolute Gasteiger partial charge is 0.138 e. The largest absolute Gasteiger partial charge is 0.492 e. The maximum Gasteiger partial charge on any atom is 0.138 e. The van der Waals surface area contributed by atoms with Crippen molar-refractivity contribution in [3.8, 4) is 17.1 Å². The van der Waals surface area contributed by atoms with Gasteiger partial charge in [0, 0.05) is 25.2 Å². The average molecular weight is 323 g/mol. The van der Waals surface area contributed by atoms with Gasteiger partial charge in [0.05, 0.1) is 24.2 Å². The van der Waals surface area contributed by atoms with Crippen LogP contribution < -0.4 is 4.74 Å². The summed E-state index contributed by atoms with van der Waals surface area (Å²) in [6.45, 7) is 5.28. The molecular weight excluding hydrogens is 302 g/mol. The number of nitrogens with one attached hydrogen (secondary N) is 1. The van der Waals surface area contributed by atoms with E-state index < -0.39 is 0 Å². The number of aromatic nitrogens is 2. The van der Waals surface area contributed by atoms with Crippen molar-refractivity contribution in [3.05, 3.63) is 48.5 Å². The molecule has 0 saturated carbocycles. The minimum Gasteiger partial charge on any atom is -0.492 e. The standard InChI is InChI=1S/C19H21N3O2/c1-2-4-18-17(3-1)20-19(21-18)15-5-7-16(8-6-15)24-14-11-22-9-12-23-13-10-22/h1-8H,9-14H2,(H,20,21). The van der Waals surface area contributed by atoms with E-state index in [1.807, 2.05) is 48.5 Å². The van der Waals surface area contributed by atoms with Crippen molar-refractivity contribution in [3.63, 3.8) is 0 Å². The van der Waals surface area contributed by atoms with E-state index in [9.17, 15) is 0 Å². The minimum atomic E-state index is 0.698. The van der Waals surface area contributed by atoms with Crippen molar-refractivity contribution in [1.82, 2.24) is 14.9 Å². The van der Waals surface area contributed by atoms with Crippen LogP contribution in [0.25, 0.3) is 22.4 Å². The Balaban J connectivity index is 1.37. The molecule has 0 amide bonds. The van der Waals surface area contributed by atoms with E-state index in [1.54, 1.807) is 0 Å². The zero-order chi connectivity index (χ0) is 16.2. The van der Waals surface area contributed by atoms with Crippen molar-refractivity contribution in [2.45, 2.75) is 0 Å². The van der Waals surface area contributed by atoms with Crippen molar-refractivity contribution in [1.29, 1.82) is 0 Å². The highest BCUT2D eigenvalue weighted by molar-refractivity contribution is 5.79. The van der Waals surface area contributed by atoms with Crippen molar-refractivity contribution in [2.75, 3.05) is 39.5 Å². The number of ether oxygens (including phenoxy) is 2. The Kier molecular flexibility index (Phi) is 4.44. The Labute approximate surface area is 141 Å². The average Bonchev–Trinajstić information content (AvgIpc) is 3.07. The molecule has 0 aliphatic carbocycles. The molecule has 5 nitrogen and oxygen atoms in total. The third-order valence-corrected chi connectivity index (χ3v) is 4.30. The number of aromatic amines is 1. The number of hydrogen-bond acceptors (Lipinski definition) is 4. The Morgan fingerprint density at radius 2 is 1.83 bits per heavy atom. The van der Waals surface area contributed by atoms with Crippen LogP contribution in [0.15, 0.2) is 48.5 Å². The molecule has 1 N–H and O–H groups in total. The number of hydrogen-bond donors (Lipinski definition) is 1. The van der Waals surface area contributed by atoms with Gasteiger partial charge in [0.2, 0.25) is 0 Å². The second-order valence-electron chi connectivity index (χ2n) is 5.93. The number of benzene rings is 2. The number of imidazole rings is 1. The third-order valence-electron chi connectivity index (χ3n) is 4.30. The van der Waals surface area contributed by atoms with E-state index in [-0.39, 0.29) is 0 Å². The molecule has 124 valence electrons. The summed E-state index contributed by atoms with van der Waals surface area (Å²) in [6, 6.07) is 16.1. The molecule has 0 unspecified atom stereocenters. The van der Waals surface area contributed by atoms with E-state index in [2.05, 4.69) is 14.9 Å². The molecule has 0 radical (unpaired) electrons. The topological polar surface area (TPSA) is 50.4 Å². The van der Waals surface area contributed by atoms with Crippen LogP contribution in [0, 0.1) is 0 Å². The number of rotatable bonds is 5. The molecule has 0 atom stereocenters. The first-order valence-corrected chi connectivity index (χ1v) is 8.36. The first-order chi connectivity index (χ1) is 11.9. The van der Waals surface area contributed by atoms with Gasteiger partial charge in [-0.1, -0.05) is 12.1 Å². The Bertz CT molecular complexity index is 759. The fraction of sp³-hybridized carbons (Fsp3) is 0.316. The maximum atomic E-state index is 5.85. The summed E-state index contributed by atoms with van der Waals surface area (Å²) in [4.78, 5) is 10.3. The molecule has 4 rings (SSSR count). The summed E-state index contributed by atoms with van der Waals surface area (Å²) in [5, 5.41) is 0. The van der Waals surface area contributed by atoms with Crippen molar-refractivity contribution in [2.24, 2.45) is 0 Å². The maximum absolute atomic E-state index is 5.85. The van der Waals surface area contributed by atoms with Crippen LogP contribution >= 0.6 is 0 Å². The highest BCUT2D eigenvalue weighted by Gasteiger charge is 2.10. The van der Waals surface area contributed by atoms with Gasteiger partial charge >= 0.3 is 0 Å². The molecule has 0 spiro atoms. The molecule has 5 heteroatoms. The van der Waals surface area contributed by atoms with E-state index in [0.717, 1.165) is 61.0 Å². The van der Waals surface area contributed by atoms with E-state index in [0.29, 0.717) is 6.61 Å². The highest BCUT2D eigenvalue weighted by atomic mass is 16.5. The molecule has 0 bridgehead atoms. The molecule has 2 aromatic carbocycles. The van der Waals surface area contributed by atoms with Crippen LogP contribution in [0.5, 0.6) is 5.75 Å². The lowest BCUT2D eigenvalue weighted by molar-refractivity contribution is 0.0322. The quantitative estimate of drug-likeness (QED) is 0.784. The number of nitrogens with zero attached hydrogens (tertiary/aromatic N) is 2. The second kappa shape index (κ2) is 7.03. The van der Waals surface area contributed by atoms with Crippen LogP contribution in [0.1, 0.15) is 0 Å². The summed E-state index contributed by atoms with van der Waals surface area (Å²) >= 11 is 0. The number of H-pyrrole nitrogens is 1. The Morgan fingerprint density at radius 1 is 1.04 bits per heavy atom. The summed E-state index contributed by atoms with van der Waals surface area (Å²) < 4.78 is 11.2. The molecule has 1 fully saturated rings. The Morgan fingerprint density at radius 3 is 2.62 bits per heavy atom. The van der Waals surface area contributed by atoms with E-state index in [4.69, 9.17) is 9.47 Å². The SMILES string of the molecule is c1ccc2[nH]c(-c3ccc(OCCN4CCOCC4)cc3)nc2c1. The van der Waals surface area contributed by atoms with Gasteiger partial charge in [-0.2, -0.15) is 0 Å². The van der Waals surface area contributed by atoms with Crippen LogP contribution in [-0.2, 0) is 4.74 Å². The summed E-state index contributed by atoms with van der Waals surface area (Å²) in [5.41, 5.74) is 3.10. The van der Waals surface area contributed by atoms with E-state index >= 15 is 0 Å². The molecule has 24 heavy (non-hydrogen) atoms. The summed E-state index contributed by atoms with van der Waals surface area (Å²) in [5.74, 6) is 1.78. The molecule has 2 heterocycles. The zero-order valence-electron chi connectivity index (χ0n) is 13.6. The van der Waals surface area contributed by atoms with Gasteiger partial charge in [-0.05, 0) is 36.4 Å². The van der Waals surface area contributed by atoms with Gasteiger partial charge in [-0.3, -0.25) is 4.90 Å². The fourth-order valence-electron chi connectivity index (χ4n) is 2.92. The lowest BCUT2D eigenvalue weighted by atomic mass is 10.2. The van der Waals surface area contributed by atoms with Crippen LogP contribution in [0.3, 0.4) is 0 Å². The van der Waals surface area contributed by atoms with Gasteiger partial charge in [-0.25, -0.2) is 4.98 Å². The lowest BCUT2D eigenvalue weighted by Gasteiger charge is -2.26. The van der Waals surface area contributed by atoms with Gasteiger partial charge in [0.15, 0.2) is 0 Å². The number of para-hydroxylation sites is 2. The zero-order valence-corrected chi connectivity index (χ0v) is 13.6. The third kappa shape index (κ3) is 3.42. The van der Waals surface area contributed by atoms with Crippen LogP contribution in [-0.4, -0.2) is 54.3 Å². The van der Waals surface area contributed by atoms with Gasteiger partial charge in [-0.15, -0.1) is 0 Å². The highest BCUT2D eigenvalue weighted by Crippen LogP contribution is 2.22. The minimum absolute atomic E-state index is 0.698. The number of fused-ring (bicyclic) bond motifs is 1. The van der Waals surface area contributed by atoms with Gasteiger partial charge in [0.1, 0.15) is 18.2 Å². The fourth-order valence-corrected chi connectivity index (χ4v) is 2.92. The normalized spacial score (nSPS) is 15.7. The predicted octanol–water partition coefficient (Wildman–Crippen LogP) is 2.94. The van der Waals surface area contributed by atoms with Gasteiger partial charge < -0.3 is 14.5 Å². The predicted molar refractivity (Wildman–Crippen MR) is 94.3 cm³/mol. The monoisotopic (exact) mass is 323 g/mol. The first kappa shape index (κ1) is 15.2. The molecule has 1 saturated heterocycles.